The van der Waals surface area contributed by atoms with Gasteiger partial charge in [-0.2, -0.15) is 0 Å². The summed E-state index contributed by atoms with van der Waals surface area (Å²) in [4.78, 5) is 24.8. The summed E-state index contributed by atoms with van der Waals surface area (Å²) in [5.41, 5.74) is 0.333. The highest BCUT2D eigenvalue weighted by molar-refractivity contribution is 6.02. The second kappa shape index (κ2) is 7.92. The Kier molecular flexibility index (Phi) is 6.34. The van der Waals surface area contributed by atoms with E-state index in [9.17, 15) is 14.7 Å². The summed E-state index contributed by atoms with van der Waals surface area (Å²) in [5, 5.41) is 9.68. The van der Waals surface area contributed by atoms with Gasteiger partial charge < -0.3 is 9.84 Å². The van der Waals surface area contributed by atoms with E-state index in [0.29, 0.717) is 23.0 Å². The van der Waals surface area contributed by atoms with E-state index in [4.69, 9.17) is 4.74 Å². The van der Waals surface area contributed by atoms with Crippen LogP contribution in [-0.2, 0) is 14.3 Å². The quantitative estimate of drug-likeness (QED) is 0.471. The minimum absolute atomic E-state index is 0.00204. The molecule has 4 nitrogen and oxygen atoms in total. The molecule has 0 radical (unpaired) electrons. The summed E-state index contributed by atoms with van der Waals surface area (Å²) < 4.78 is 6.02. The molecule has 142 valence electrons. The van der Waals surface area contributed by atoms with E-state index < -0.39 is 11.6 Å². The Hall–Kier alpha value is -1.32. The lowest BCUT2D eigenvalue weighted by Crippen LogP contribution is -2.37. The zero-order valence-corrected chi connectivity index (χ0v) is 16.4. The smallest absolute Gasteiger partial charge is 0.335 e. The summed E-state index contributed by atoms with van der Waals surface area (Å²) in [6.07, 6.45) is 6.48. The van der Waals surface area contributed by atoms with E-state index in [1.807, 2.05) is 0 Å². The average molecular weight is 350 g/mol. The number of carboxylic acid groups (broad SMARTS) is 1. The van der Waals surface area contributed by atoms with Crippen molar-refractivity contribution in [2.45, 2.75) is 85.2 Å². The lowest BCUT2D eigenvalue weighted by atomic mass is 9.77. The van der Waals surface area contributed by atoms with Crippen LogP contribution in [0.1, 0.15) is 79.6 Å². The molecule has 0 aromatic heterocycles. The highest BCUT2D eigenvalue weighted by Crippen LogP contribution is 2.55. The predicted molar refractivity (Wildman–Crippen MR) is 98.1 cm³/mol. The van der Waals surface area contributed by atoms with Gasteiger partial charge in [-0.05, 0) is 55.8 Å². The molecule has 0 aliphatic heterocycles. The maximum Gasteiger partial charge on any atom is 0.335 e. The minimum atomic E-state index is -0.942. The lowest BCUT2D eigenvalue weighted by Gasteiger charge is -2.34. The van der Waals surface area contributed by atoms with Crippen molar-refractivity contribution in [3.63, 3.8) is 0 Å². The normalized spacial score (nSPS) is 28.5. The number of fused-ring (bicyclic) bond motifs is 2. The van der Waals surface area contributed by atoms with E-state index in [1.165, 1.54) is 0 Å². The van der Waals surface area contributed by atoms with Crippen molar-refractivity contribution in [1.29, 1.82) is 0 Å². The van der Waals surface area contributed by atoms with Crippen LogP contribution in [0.5, 0.6) is 0 Å². The fraction of sp³-hybridized carbons (Fsp3) is 0.810. The average Bonchev–Trinajstić information content (AvgIpc) is 3.11. The third-order valence-electron chi connectivity index (χ3n) is 6.92. The summed E-state index contributed by atoms with van der Waals surface area (Å²) in [7, 11) is 0. The molecular weight excluding hydrogens is 316 g/mol. The Morgan fingerprint density at radius 3 is 2.08 bits per heavy atom. The van der Waals surface area contributed by atoms with Gasteiger partial charge in [-0.15, -0.1) is 0 Å². The number of hydrogen-bond acceptors (Lipinski definition) is 3. The van der Waals surface area contributed by atoms with Gasteiger partial charge in [0, 0.05) is 0 Å². The SMILES string of the molecule is CCCCCC(CC)(CC)OC(=O)C1=C(C(=O)O)C2CC1C(C)C2C. The van der Waals surface area contributed by atoms with Crippen molar-refractivity contribution in [3.8, 4) is 0 Å². The van der Waals surface area contributed by atoms with E-state index in [-0.39, 0.29) is 17.8 Å². The Morgan fingerprint density at radius 2 is 1.60 bits per heavy atom. The fourth-order valence-corrected chi connectivity index (χ4v) is 4.88. The summed E-state index contributed by atoms with van der Waals surface area (Å²) in [6, 6.07) is 0. The highest BCUT2D eigenvalue weighted by Gasteiger charge is 2.53. The van der Waals surface area contributed by atoms with Gasteiger partial charge in [0.05, 0.1) is 11.1 Å². The van der Waals surface area contributed by atoms with Crippen LogP contribution in [-0.4, -0.2) is 22.6 Å². The molecule has 2 rings (SSSR count). The minimum Gasteiger partial charge on any atom is -0.478 e. The van der Waals surface area contributed by atoms with Gasteiger partial charge in [-0.3, -0.25) is 0 Å². The molecular formula is C21H34O4. The van der Waals surface area contributed by atoms with Crippen molar-refractivity contribution in [3.05, 3.63) is 11.1 Å². The maximum atomic E-state index is 13.0. The molecule has 1 saturated carbocycles. The molecule has 4 heteroatoms. The number of carbonyl (C=O) groups is 2. The number of carboxylic acids is 1. The Morgan fingerprint density at radius 1 is 1.04 bits per heavy atom. The number of aliphatic carboxylic acids is 1. The standard InChI is InChI=1S/C21H34O4/c1-6-9-10-11-21(7-2,8-3)25-20(24)18-16-12-15(13(4)14(16)5)17(18)19(22)23/h13-16H,6-12H2,1-5H3,(H,22,23). The molecule has 2 aliphatic rings. The number of carbonyl (C=O) groups excluding carboxylic acids is 1. The number of rotatable bonds is 9. The molecule has 2 bridgehead atoms. The highest BCUT2D eigenvalue weighted by atomic mass is 16.6. The molecule has 4 atom stereocenters. The molecule has 0 heterocycles. The molecule has 1 N–H and O–H groups in total. The van der Waals surface area contributed by atoms with Gasteiger partial charge in [0.25, 0.3) is 0 Å². The first-order chi connectivity index (χ1) is 11.8. The Bertz CT molecular complexity index is 544. The van der Waals surface area contributed by atoms with Crippen LogP contribution < -0.4 is 0 Å². The van der Waals surface area contributed by atoms with Crippen LogP contribution in [0.25, 0.3) is 0 Å². The fourth-order valence-electron chi connectivity index (χ4n) is 4.88. The lowest BCUT2D eigenvalue weighted by molar-refractivity contribution is -0.158. The van der Waals surface area contributed by atoms with Crippen molar-refractivity contribution < 1.29 is 19.4 Å². The van der Waals surface area contributed by atoms with Gasteiger partial charge in [0.1, 0.15) is 5.60 Å². The van der Waals surface area contributed by atoms with Crippen LogP contribution in [0.3, 0.4) is 0 Å². The molecule has 2 aliphatic carbocycles. The van der Waals surface area contributed by atoms with Crippen LogP contribution in [0.4, 0.5) is 0 Å². The van der Waals surface area contributed by atoms with Crippen molar-refractivity contribution in [2.75, 3.05) is 0 Å². The molecule has 25 heavy (non-hydrogen) atoms. The number of esters is 1. The molecule has 4 unspecified atom stereocenters. The van der Waals surface area contributed by atoms with Crippen molar-refractivity contribution in [1.82, 2.24) is 0 Å². The third kappa shape index (κ3) is 3.63. The molecule has 0 aromatic carbocycles. The molecule has 0 aromatic rings. The van der Waals surface area contributed by atoms with Crippen LogP contribution in [0.15, 0.2) is 11.1 Å². The van der Waals surface area contributed by atoms with Crippen LogP contribution >= 0.6 is 0 Å². The van der Waals surface area contributed by atoms with Crippen molar-refractivity contribution >= 4 is 11.9 Å². The Labute approximate surface area is 152 Å². The van der Waals surface area contributed by atoms with Gasteiger partial charge in [-0.25, -0.2) is 9.59 Å². The van der Waals surface area contributed by atoms with E-state index in [0.717, 1.165) is 44.9 Å². The number of ether oxygens (including phenoxy) is 1. The molecule has 0 saturated heterocycles. The van der Waals surface area contributed by atoms with Gasteiger partial charge in [-0.1, -0.05) is 47.5 Å². The molecule has 0 amide bonds. The maximum absolute atomic E-state index is 13.0. The summed E-state index contributed by atoms with van der Waals surface area (Å²) in [6.45, 7) is 10.5. The number of unbranched alkanes of at least 4 members (excludes halogenated alkanes) is 2. The molecule has 1 fully saturated rings. The summed E-state index contributed by atoms with van der Waals surface area (Å²) in [5.74, 6) is -0.613. The van der Waals surface area contributed by atoms with Crippen LogP contribution in [0.2, 0.25) is 0 Å². The topological polar surface area (TPSA) is 63.6 Å². The summed E-state index contributed by atoms with van der Waals surface area (Å²) >= 11 is 0. The third-order valence-corrected chi connectivity index (χ3v) is 6.92. The van der Waals surface area contributed by atoms with E-state index in [2.05, 4.69) is 34.6 Å². The van der Waals surface area contributed by atoms with E-state index in [1.54, 1.807) is 0 Å². The number of hydrogen-bond donors (Lipinski definition) is 1. The van der Waals surface area contributed by atoms with Crippen LogP contribution in [0, 0.1) is 23.7 Å². The second-order valence-corrected chi connectivity index (χ2v) is 8.04. The zero-order chi connectivity index (χ0) is 18.8. The second-order valence-electron chi connectivity index (χ2n) is 8.04. The van der Waals surface area contributed by atoms with Crippen molar-refractivity contribution in [2.24, 2.45) is 23.7 Å². The zero-order valence-electron chi connectivity index (χ0n) is 16.4. The predicted octanol–water partition coefficient (Wildman–Crippen LogP) is 4.97. The van der Waals surface area contributed by atoms with E-state index >= 15 is 0 Å². The Balaban J connectivity index is 2.25. The first kappa shape index (κ1) is 20.0. The first-order valence-corrected chi connectivity index (χ1v) is 10.0. The van der Waals surface area contributed by atoms with Gasteiger partial charge in [0.2, 0.25) is 0 Å². The monoisotopic (exact) mass is 350 g/mol. The molecule has 0 spiro atoms. The first-order valence-electron chi connectivity index (χ1n) is 10.0. The van der Waals surface area contributed by atoms with Gasteiger partial charge >= 0.3 is 11.9 Å². The largest absolute Gasteiger partial charge is 0.478 e. The van der Waals surface area contributed by atoms with Gasteiger partial charge in [0.15, 0.2) is 0 Å².